The van der Waals surface area contributed by atoms with Gasteiger partial charge in [0.2, 0.25) is 0 Å². The molecule has 84 valence electrons. The molecule has 0 unspecified atom stereocenters. The van der Waals surface area contributed by atoms with Crippen LogP contribution in [0, 0.1) is 0 Å². The summed E-state index contributed by atoms with van der Waals surface area (Å²) in [5.41, 5.74) is 0. The largest absolute Gasteiger partial charge is 0.333 e. The van der Waals surface area contributed by atoms with Gasteiger partial charge in [0.25, 0.3) is 0 Å². The third-order valence-corrected chi connectivity index (χ3v) is 3.78. The lowest BCUT2D eigenvalue weighted by Gasteiger charge is -2.18. The van der Waals surface area contributed by atoms with E-state index in [1.807, 2.05) is 25.3 Å². The summed E-state index contributed by atoms with van der Waals surface area (Å²) in [5, 5.41) is 4.90. The molecule has 0 saturated carbocycles. The molecule has 3 nitrogen and oxygen atoms in total. The Morgan fingerprint density at radius 2 is 2.20 bits per heavy atom. The van der Waals surface area contributed by atoms with Crippen molar-refractivity contribution < 1.29 is 4.79 Å². The first-order chi connectivity index (χ1) is 7.17. The van der Waals surface area contributed by atoms with Gasteiger partial charge in [-0.3, -0.25) is 0 Å². The number of carbonyl (C=O) groups excluding carboxylic acids is 1. The summed E-state index contributed by atoms with van der Waals surface area (Å²) in [5.74, 6) is 0. The van der Waals surface area contributed by atoms with Crippen LogP contribution in [0.3, 0.4) is 0 Å². The summed E-state index contributed by atoms with van der Waals surface area (Å²) in [6.45, 7) is 6.05. The fourth-order valence-corrected chi connectivity index (χ4v) is 2.62. The first kappa shape index (κ1) is 12.5. The molecule has 5 heteroatoms. The van der Waals surface area contributed by atoms with Crippen molar-refractivity contribution in [3.8, 4) is 0 Å². The van der Waals surface area contributed by atoms with Crippen molar-refractivity contribution >= 4 is 33.3 Å². The molecule has 0 atom stereocenters. The van der Waals surface area contributed by atoms with Crippen LogP contribution in [0.4, 0.5) is 4.79 Å². The van der Waals surface area contributed by atoms with Gasteiger partial charge in [-0.25, -0.2) is 4.79 Å². The number of hydrogen-bond donors (Lipinski definition) is 1. The van der Waals surface area contributed by atoms with E-state index in [4.69, 9.17) is 0 Å². The molecule has 15 heavy (non-hydrogen) atoms. The third-order valence-electron chi connectivity index (χ3n) is 2.09. The monoisotopic (exact) mass is 290 g/mol. The summed E-state index contributed by atoms with van der Waals surface area (Å²) in [4.78, 5) is 14.5. The number of thiophene rings is 1. The number of nitrogens with one attached hydrogen (secondary N) is 1. The van der Waals surface area contributed by atoms with Gasteiger partial charge in [-0.05, 0) is 35.8 Å². The Morgan fingerprint density at radius 1 is 1.53 bits per heavy atom. The molecule has 0 spiro atoms. The molecule has 1 aromatic heterocycles. The van der Waals surface area contributed by atoms with Gasteiger partial charge in [-0.1, -0.05) is 0 Å². The average molecular weight is 291 g/mol. The zero-order valence-electron chi connectivity index (χ0n) is 8.92. The Bertz CT molecular complexity index is 323. The first-order valence-corrected chi connectivity index (χ1v) is 6.60. The smallest absolute Gasteiger partial charge is 0.317 e. The van der Waals surface area contributed by atoms with E-state index in [1.54, 1.807) is 16.2 Å². The van der Waals surface area contributed by atoms with Crippen molar-refractivity contribution in [1.29, 1.82) is 0 Å². The maximum absolute atomic E-state index is 11.6. The summed E-state index contributed by atoms with van der Waals surface area (Å²) in [6, 6.07) is 2.03. The minimum atomic E-state index is 0.00419. The van der Waals surface area contributed by atoms with Gasteiger partial charge in [0.1, 0.15) is 0 Å². The number of carbonyl (C=O) groups is 1. The van der Waals surface area contributed by atoms with Crippen LogP contribution in [0.15, 0.2) is 15.9 Å². The first-order valence-electron chi connectivity index (χ1n) is 4.93. The molecule has 0 radical (unpaired) electrons. The van der Waals surface area contributed by atoms with Gasteiger partial charge in [-0.15, -0.1) is 11.3 Å². The van der Waals surface area contributed by atoms with E-state index in [1.165, 1.54) is 0 Å². The Kier molecular flexibility index (Phi) is 5.11. The maximum atomic E-state index is 11.6. The van der Waals surface area contributed by atoms with E-state index >= 15 is 0 Å². The highest BCUT2D eigenvalue weighted by Crippen LogP contribution is 2.19. The molecule has 0 aliphatic carbocycles. The van der Waals surface area contributed by atoms with Crippen molar-refractivity contribution in [2.45, 2.75) is 20.4 Å². The highest BCUT2D eigenvalue weighted by molar-refractivity contribution is 9.10. The van der Waals surface area contributed by atoms with Crippen LogP contribution in [0.1, 0.15) is 18.7 Å². The van der Waals surface area contributed by atoms with Gasteiger partial charge in [0.15, 0.2) is 0 Å². The molecule has 0 aliphatic rings. The van der Waals surface area contributed by atoms with Crippen molar-refractivity contribution in [2.24, 2.45) is 0 Å². The second kappa shape index (κ2) is 6.12. The van der Waals surface area contributed by atoms with Crippen LogP contribution in [0.2, 0.25) is 0 Å². The van der Waals surface area contributed by atoms with Crippen LogP contribution in [-0.4, -0.2) is 24.0 Å². The molecule has 1 rings (SSSR count). The number of urea groups is 1. The van der Waals surface area contributed by atoms with E-state index in [2.05, 4.69) is 21.2 Å². The van der Waals surface area contributed by atoms with Crippen LogP contribution in [0.25, 0.3) is 0 Å². The normalized spacial score (nSPS) is 10.1. The van der Waals surface area contributed by atoms with Crippen molar-refractivity contribution in [1.82, 2.24) is 10.2 Å². The van der Waals surface area contributed by atoms with Gasteiger partial charge in [-0.2, -0.15) is 0 Å². The molecule has 2 amide bonds. The Balaban J connectivity index is 2.40. The van der Waals surface area contributed by atoms with E-state index in [0.29, 0.717) is 6.54 Å². The number of halogens is 1. The molecule has 1 N–H and O–H groups in total. The summed E-state index contributed by atoms with van der Waals surface area (Å²) in [6.07, 6.45) is 0. The fraction of sp³-hybridized carbons (Fsp3) is 0.500. The summed E-state index contributed by atoms with van der Waals surface area (Å²) in [7, 11) is 0. The molecule has 0 aliphatic heterocycles. The molecule has 0 bridgehead atoms. The lowest BCUT2D eigenvalue weighted by Crippen LogP contribution is -2.39. The number of amides is 2. The van der Waals surface area contributed by atoms with Crippen molar-refractivity contribution in [3.05, 3.63) is 20.8 Å². The molecule has 0 fully saturated rings. The summed E-state index contributed by atoms with van der Waals surface area (Å²) < 4.78 is 1.07. The van der Waals surface area contributed by atoms with Crippen molar-refractivity contribution in [3.63, 3.8) is 0 Å². The van der Waals surface area contributed by atoms with Crippen molar-refractivity contribution in [2.75, 3.05) is 13.1 Å². The Labute approximate surface area is 103 Å². The molecule has 0 saturated heterocycles. The van der Waals surface area contributed by atoms with Crippen LogP contribution >= 0.6 is 27.3 Å². The van der Waals surface area contributed by atoms with Gasteiger partial charge < -0.3 is 10.2 Å². The fourth-order valence-electron chi connectivity index (χ4n) is 1.23. The lowest BCUT2D eigenvalue weighted by molar-refractivity contribution is 0.203. The standard InChI is InChI=1S/C10H15BrN2OS/c1-3-13(4-2)10(14)12-6-9-5-8(11)7-15-9/h5,7H,3-4,6H2,1-2H3,(H,12,14). The van der Waals surface area contributed by atoms with Gasteiger partial charge in [0.05, 0.1) is 6.54 Å². The number of hydrogen-bond acceptors (Lipinski definition) is 2. The predicted molar refractivity (Wildman–Crippen MR) is 67.2 cm³/mol. The van der Waals surface area contributed by atoms with Gasteiger partial charge in [0, 0.05) is 27.8 Å². The zero-order chi connectivity index (χ0) is 11.3. The van der Waals surface area contributed by atoms with E-state index in [0.717, 1.165) is 22.4 Å². The number of nitrogens with zero attached hydrogens (tertiary/aromatic N) is 1. The summed E-state index contributed by atoms with van der Waals surface area (Å²) >= 11 is 5.02. The van der Waals surface area contributed by atoms with Gasteiger partial charge >= 0.3 is 6.03 Å². The Hall–Kier alpha value is -0.550. The second-order valence-electron chi connectivity index (χ2n) is 3.06. The highest BCUT2D eigenvalue weighted by Gasteiger charge is 2.08. The number of rotatable bonds is 4. The molecular weight excluding hydrogens is 276 g/mol. The molecule has 0 aromatic carbocycles. The minimum Gasteiger partial charge on any atom is -0.333 e. The topological polar surface area (TPSA) is 32.3 Å². The average Bonchev–Trinajstić information content (AvgIpc) is 2.63. The Morgan fingerprint density at radius 3 is 2.67 bits per heavy atom. The SMILES string of the molecule is CCN(CC)C(=O)NCc1cc(Br)cs1. The van der Waals surface area contributed by atoms with Crippen LogP contribution < -0.4 is 5.32 Å². The van der Waals surface area contributed by atoms with E-state index in [-0.39, 0.29) is 6.03 Å². The minimum absolute atomic E-state index is 0.00419. The quantitative estimate of drug-likeness (QED) is 0.908. The predicted octanol–water partition coefficient (Wildman–Crippen LogP) is 3.06. The zero-order valence-corrected chi connectivity index (χ0v) is 11.3. The molecule has 1 heterocycles. The third kappa shape index (κ3) is 3.83. The molecule has 1 aromatic rings. The second-order valence-corrected chi connectivity index (χ2v) is 4.97. The van der Waals surface area contributed by atoms with E-state index in [9.17, 15) is 4.79 Å². The van der Waals surface area contributed by atoms with E-state index < -0.39 is 0 Å². The van der Waals surface area contributed by atoms with Crippen LogP contribution in [0.5, 0.6) is 0 Å². The van der Waals surface area contributed by atoms with Crippen LogP contribution in [-0.2, 0) is 6.54 Å². The highest BCUT2D eigenvalue weighted by atomic mass is 79.9. The molecular formula is C10H15BrN2OS. The lowest BCUT2D eigenvalue weighted by atomic mass is 10.4. The maximum Gasteiger partial charge on any atom is 0.317 e.